The van der Waals surface area contributed by atoms with Crippen molar-refractivity contribution in [3.63, 3.8) is 0 Å². The fourth-order valence-electron chi connectivity index (χ4n) is 4.25. The Morgan fingerprint density at radius 2 is 1.40 bits per heavy atom. The largest absolute Gasteiger partial charge is 0.417 e. The number of nitrogens with zero attached hydrogens (tertiary/aromatic N) is 6. The number of fused-ring (bicyclic) bond motifs is 2. The lowest BCUT2D eigenvalue weighted by Crippen LogP contribution is -2.11. The van der Waals surface area contributed by atoms with Crippen LogP contribution in [-0.2, 0) is 35.4 Å². The first kappa shape index (κ1) is 29.3. The quantitative estimate of drug-likeness (QED) is 0.222. The summed E-state index contributed by atoms with van der Waals surface area (Å²) < 4.78 is 149. The summed E-state index contributed by atoms with van der Waals surface area (Å²) >= 11 is 0. The zero-order chi connectivity index (χ0) is 31.0. The van der Waals surface area contributed by atoms with Crippen LogP contribution in [0.15, 0.2) is 47.8 Å². The van der Waals surface area contributed by atoms with E-state index in [2.05, 4.69) is 20.1 Å². The molecule has 0 bridgehead atoms. The monoisotopic (exact) mass is 622 g/mol. The first-order valence-corrected chi connectivity index (χ1v) is 13.3. The second kappa shape index (κ2) is 9.40. The zero-order valence-electron chi connectivity index (χ0n) is 21.1. The third-order valence-corrected chi connectivity index (χ3v) is 7.94. The molecule has 0 saturated heterocycles. The molecule has 0 aliphatic heterocycles. The number of aryl methyl sites for hydroxylation is 1. The number of halogens is 9. The average Bonchev–Trinajstić information content (AvgIpc) is 3.44. The Kier molecular flexibility index (Phi) is 6.55. The Bertz CT molecular complexity index is 1940. The van der Waals surface area contributed by atoms with E-state index in [1.807, 2.05) is 0 Å². The van der Waals surface area contributed by atoms with E-state index in [0.717, 1.165) is 16.8 Å². The SMILES string of the molecule is CCS(=O)(=O)c1nn2c(-c3cc(C(F)(F)F)cc(C(F)(F)F)c3)ccnc2c1-c1nc2cc(C(F)(F)F)cnc2n1C. The molecule has 0 saturated carbocycles. The van der Waals surface area contributed by atoms with Crippen LogP contribution >= 0.6 is 0 Å². The number of sulfone groups is 1. The second-order valence-electron chi connectivity index (χ2n) is 9.00. The van der Waals surface area contributed by atoms with Gasteiger partial charge in [0.2, 0.25) is 0 Å². The molecule has 0 aliphatic carbocycles. The summed E-state index contributed by atoms with van der Waals surface area (Å²) in [6.45, 7) is 1.26. The van der Waals surface area contributed by atoms with Gasteiger partial charge >= 0.3 is 18.5 Å². The van der Waals surface area contributed by atoms with E-state index in [1.165, 1.54) is 18.5 Å². The van der Waals surface area contributed by atoms with Gasteiger partial charge in [0.1, 0.15) is 16.9 Å². The van der Waals surface area contributed by atoms with Crippen LogP contribution in [0.2, 0.25) is 0 Å². The topological polar surface area (TPSA) is 95.0 Å². The van der Waals surface area contributed by atoms with Crippen LogP contribution in [0, 0.1) is 0 Å². The number of benzene rings is 1. The van der Waals surface area contributed by atoms with E-state index in [1.54, 1.807) is 0 Å². The molecule has 0 N–H and O–H groups in total. The molecule has 0 aliphatic rings. The molecule has 4 heterocycles. The number of rotatable bonds is 4. The minimum absolute atomic E-state index is 0.0645. The first-order valence-electron chi connectivity index (χ1n) is 11.6. The summed E-state index contributed by atoms with van der Waals surface area (Å²) in [6, 6.07) is 2.54. The molecule has 0 radical (unpaired) electrons. The van der Waals surface area contributed by atoms with E-state index < -0.39 is 61.4 Å². The molecule has 18 heteroatoms. The highest BCUT2D eigenvalue weighted by atomic mass is 32.2. The van der Waals surface area contributed by atoms with Gasteiger partial charge in [-0.25, -0.2) is 27.9 Å². The maximum Gasteiger partial charge on any atom is 0.417 e. The van der Waals surface area contributed by atoms with Gasteiger partial charge < -0.3 is 4.57 Å². The van der Waals surface area contributed by atoms with Gasteiger partial charge in [-0.3, -0.25) is 0 Å². The van der Waals surface area contributed by atoms with Crippen LogP contribution in [-0.4, -0.2) is 43.3 Å². The van der Waals surface area contributed by atoms with Crippen molar-refractivity contribution in [1.82, 2.24) is 29.1 Å². The van der Waals surface area contributed by atoms with Crippen LogP contribution in [0.3, 0.4) is 0 Å². The van der Waals surface area contributed by atoms with Gasteiger partial charge in [0.25, 0.3) is 0 Å². The van der Waals surface area contributed by atoms with Crippen molar-refractivity contribution in [1.29, 1.82) is 0 Å². The molecule has 0 spiro atoms. The first-order chi connectivity index (χ1) is 19.3. The predicted octanol–water partition coefficient (Wildman–Crippen LogP) is 6.20. The molecular formula is C24H15F9N6O2S. The minimum atomic E-state index is -5.16. The van der Waals surface area contributed by atoms with Crippen molar-refractivity contribution in [2.75, 3.05) is 5.75 Å². The Labute approximate surface area is 229 Å². The van der Waals surface area contributed by atoms with Gasteiger partial charge in [-0.1, -0.05) is 6.92 Å². The lowest BCUT2D eigenvalue weighted by atomic mass is 10.0. The lowest BCUT2D eigenvalue weighted by Gasteiger charge is -2.14. The number of aromatic nitrogens is 6. The Balaban J connectivity index is 1.85. The van der Waals surface area contributed by atoms with E-state index in [9.17, 15) is 47.9 Å². The summed E-state index contributed by atoms with van der Waals surface area (Å²) in [7, 11) is -2.95. The van der Waals surface area contributed by atoms with Crippen molar-refractivity contribution >= 4 is 26.6 Å². The minimum Gasteiger partial charge on any atom is -0.312 e. The molecule has 42 heavy (non-hydrogen) atoms. The molecule has 222 valence electrons. The fourth-order valence-corrected chi connectivity index (χ4v) is 5.23. The van der Waals surface area contributed by atoms with Gasteiger partial charge in [-0.05, 0) is 30.3 Å². The van der Waals surface area contributed by atoms with Gasteiger partial charge in [0, 0.05) is 25.0 Å². The Morgan fingerprint density at radius 1 is 0.810 bits per heavy atom. The van der Waals surface area contributed by atoms with Crippen LogP contribution in [0.5, 0.6) is 0 Å². The van der Waals surface area contributed by atoms with E-state index in [0.29, 0.717) is 24.4 Å². The predicted molar refractivity (Wildman–Crippen MR) is 129 cm³/mol. The average molecular weight is 622 g/mol. The molecule has 8 nitrogen and oxygen atoms in total. The van der Waals surface area contributed by atoms with Gasteiger partial charge in [0.05, 0.1) is 28.1 Å². The van der Waals surface area contributed by atoms with Crippen molar-refractivity contribution in [2.24, 2.45) is 7.05 Å². The highest BCUT2D eigenvalue weighted by Gasteiger charge is 2.38. The van der Waals surface area contributed by atoms with E-state index in [-0.39, 0.29) is 40.0 Å². The summed E-state index contributed by atoms with van der Waals surface area (Å²) in [6.07, 6.45) is -13.5. The second-order valence-corrected chi connectivity index (χ2v) is 11.2. The highest BCUT2D eigenvalue weighted by Crippen LogP contribution is 2.40. The molecule has 5 rings (SSSR count). The Morgan fingerprint density at radius 3 is 1.95 bits per heavy atom. The molecule has 0 fully saturated rings. The molecule has 0 unspecified atom stereocenters. The Hall–Kier alpha value is -4.22. The summed E-state index contributed by atoms with van der Waals surface area (Å²) in [5, 5.41) is 3.32. The van der Waals surface area contributed by atoms with E-state index >= 15 is 0 Å². The normalized spacial score (nSPS) is 13.4. The highest BCUT2D eigenvalue weighted by molar-refractivity contribution is 7.91. The van der Waals surface area contributed by atoms with Crippen molar-refractivity contribution in [2.45, 2.75) is 30.5 Å². The maximum atomic E-state index is 13.5. The van der Waals surface area contributed by atoms with Crippen molar-refractivity contribution < 1.29 is 47.9 Å². The van der Waals surface area contributed by atoms with Crippen LogP contribution < -0.4 is 0 Å². The lowest BCUT2D eigenvalue weighted by molar-refractivity contribution is -0.143. The third-order valence-electron chi connectivity index (χ3n) is 6.30. The molecule has 0 atom stereocenters. The van der Waals surface area contributed by atoms with Crippen molar-refractivity contribution in [3.05, 3.63) is 59.4 Å². The number of hydrogen-bond acceptors (Lipinski definition) is 6. The number of alkyl halides is 9. The van der Waals surface area contributed by atoms with Crippen molar-refractivity contribution in [3.8, 4) is 22.6 Å². The van der Waals surface area contributed by atoms with Gasteiger partial charge in [-0.2, -0.15) is 44.6 Å². The van der Waals surface area contributed by atoms with Gasteiger partial charge in [0.15, 0.2) is 26.2 Å². The smallest absolute Gasteiger partial charge is 0.312 e. The molecule has 0 amide bonds. The molecule has 1 aromatic carbocycles. The van der Waals surface area contributed by atoms with E-state index in [4.69, 9.17) is 0 Å². The summed E-state index contributed by atoms with van der Waals surface area (Å²) in [5.74, 6) is -0.801. The zero-order valence-corrected chi connectivity index (χ0v) is 21.9. The summed E-state index contributed by atoms with van der Waals surface area (Å²) in [5.41, 5.74) is -6.40. The van der Waals surface area contributed by atoms with Crippen LogP contribution in [0.1, 0.15) is 23.6 Å². The molecule has 5 aromatic rings. The van der Waals surface area contributed by atoms with Crippen LogP contribution in [0.4, 0.5) is 39.5 Å². The number of hydrogen-bond donors (Lipinski definition) is 0. The standard InChI is InChI=1S/C24H15F9N6O2S/c1-3-42(40,41)21-17(20-36-15-9-14(24(31,32)33)10-35-18(15)38(20)2)19-34-5-4-16(39(19)37-21)11-6-12(22(25,26)27)8-13(7-11)23(28,29)30/h4-10H,3H2,1-2H3. The molecular weight excluding hydrogens is 607 g/mol. The summed E-state index contributed by atoms with van der Waals surface area (Å²) in [4.78, 5) is 12.0. The third kappa shape index (κ3) is 4.92. The van der Waals surface area contributed by atoms with Gasteiger partial charge in [-0.15, -0.1) is 0 Å². The fraction of sp³-hybridized carbons (Fsp3) is 0.250. The number of imidazole rings is 1. The molecule has 4 aromatic heterocycles. The number of pyridine rings is 1. The maximum absolute atomic E-state index is 13.5. The van der Waals surface area contributed by atoms with Crippen LogP contribution in [0.25, 0.3) is 39.5 Å².